The largest absolute Gasteiger partial charge is 0.390 e. The van der Waals surface area contributed by atoms with E-state index in [1.54, 1.807) is 12.1 Å². The minimum Gasteiger partial charge on any atom is -0.390 e. The molecule has 0 atom stereocenters. The summed E-state index contributed by atoms with van der Waals surface area (Å²) < 4.78 is 40.1. The standard InChI is InChI=1S/C29H37FN6O3S/c1-19(2)13-21-3-6-28(40(31,38)39)22(14-21)9-12-35-10-7-20(8-11-35)16-36-17-26(33-34-36)29-24-15-23(30)4-5-25(24)32-27(29)18-37/h3-6,14-15,17,19-20,32,37H,7-13,16,18H2,1-2H3,(H2,31,38,39). The molecule has 5 rings (SSSR count). The van der Waals surface area contributed by atoms with E-state index in [0.717, 1.165) is 62.1 Å². The van der Waals surface area contributed by atoms with Gasteiger partial charge in [0.15, 0.2) is 0 Å². The lowest BCUT2D eigenvalue weighted by atomic mass is 9.96. The van der Waals surface area contributed by atoms with Crippen molar-refractivity contribution in [1.29, 1.82) is 0 Å². The number of nitrogens with one attached hydrogen (secondary N) is 1. The third-order valence-electron chi connectivity index (χ3n) is 7.72. The lowest BCUT2D eigenvalue weighted by molar-refractivity contribution is 0.172. The molecule has 11 heteroatoms. The van der Waals surface area contributed by atoms with E-state index < -0.39 is 10.0 Å². The number of piperidine rings is 1. The van der Waals surface area contributed by atoms with Crippen molar-refractivity contribution in [2.24, 2.45) is 17.0 Å². The molecule has 0 aliphatic carbocycles. The summed E-state index contributed by atoms with van der Waals surface area (Å²) >= 11 is 0. The predicted octanol–water partition coefficient (Wildman–Crippen LogP) is 3.86. The summed E-state index contributed by atoms with van der Waals surface area (Å²) in [5.74, 6) is 0.564. The van der Waals surface area contributed by atoms with E-state index in [1.807, 2.05) is 23.0 Å². The molecule has 0 unspecified atom stereocenters. The number of benzene rings is 2. The zero-order valence-electron chi connectivity index (χ0n) is 23.0. The minimum atomic E-state index is -3.78. The topological polar surface area (TPSA) is 130 Å². The maximum absolute atomic E-state index is 13.9. The van der Waals surface area contributed by atoms with Crippen LogP contribution in [0.5, 0.6) is 0 Å². The minimum absolute atomic E-state index is 0.211. The van der Waals surface area contributed by atoms with Crippen LogP contribution in [-0.2, 0) is 36.0 Å². The Bertz CT molecular complexity index is 1590. The molecule has 2 aromatic carbocycles. The highest BCUT2D eigenvalue weighted by Crippen LogP contribution is 2.32. The number of hydrogen-bond acceptors (Lipinski definition) is 6. The maximum atomic E-state index is 13.9. The molecule has 214 valence electrons. The van der Waals surface area contributed by atoms with E-state index in [-0.39, 0.29) is 17.3 Å². The monoisotopic (exact) mass is 568 g/mol. The first-order chi connectivity index (χ1) is 19.1. The van der Waals surface area contributed by atoms with E-state index in [0.29, 0.717) is 40.6 Å². The fourth-order valence-electron chi connectivity index (χ4n) is 5.77. The number of fused-ring (bicyclic) bond motifs is 1. The summed E-state index contributed by atoms with van der Waals surface area (Å²) in [6, 6.07) is 10.0. The highest BCUT2D eigenvalue weighted by Gasteiger charge is 2.23. The Balaban J connectivity index is 1.20. The summed E-state index contributed by atoms with van der Waals surface area (Å²) in [5, 5.41) is 24.7. The van der Waals surface area contributed by atoms with Gasteiger partial charge in [0.2, 0.25) is 10.0 Å². The van der Waals surface area contributed by atoms with Gasteiger partial charge in [-0.2, -0.15) is 0 Å². The molecule has 1 aliphatic rings. The highest BCUT2D eigenvalue weighted by molar-refractivity contribution is 7.89. The number of aromatic amines is 1. The number of H-pyrrole nitrogens is 1. The van der Waals surface area contributed by atoms with Gasteiger partial charge in [-0.3, -0.25) is 4.68 Å². The van der Waals surface area contributed by atoms with Crippen molar-refractivity contribution in [2.45, 2.75) is 57.6 Å². The molecule has 0 radical (unpaired) electrons. The lowest BCUT2D eigenvalue weighted by Gasteiger charge is -2.32. The number of aliphatic hydroxyl groups excluding tert-OH is 1. The number of likely N-dealkylation sites (tertiary alicyclic amines) is 1. The van der Waals surface area contributed by atoms with Crippen LogP contribution in [0.25, 0.3) is 22.2 Å². The van der Waals surface area contributed by atoms with Gasteiger partial charge in [0.05, 0.1) is 23.4 Å². The Morgan fingerprint density at radius 3 is 2.65 bits per heavy atom. The number of nitrogens with two attached hydrogens (primary N) is 1. The molecule has 3 heterocycles. The summed E-state index contributed by atoms with van der Waals surface area (Å²) in [6.45, 7) is 7.41. The van der Waals surface area contributed by atoms with Crippen LogP contribution in [0.4, 0.5) is 4.39 Å². The zero-order valence-corrected chi connectivity index (χ0v) is 23.8. The van der Waals surface area contributed by atoms with Crippen LogP contribution in [0, 0.1) is 17.7 Å². The SMILES string of the molecule is CC(C)Cc1ccc(S(N)(=O)=O)c(CCN2CCC(Cn3cc(-c4c(CO)[nH]c5ccc(F)cc45)nn3)CC2)c1. The molecule has 4 N–H and O–H groups in total. The molecular weight excluding hydrogens is 531 g/mol. The smallest absolute Gasteiger partial charge is 0.238 e. The van der Waals surface area contributed by atoms with Crippen LogP contribution in [0.15, 0.2) is 47.5 Å². The van der Waals surface area contributed by atoms with Crippen molar-refractivity contribution in [3.63, 3.8) is 0 Å². The summed E-state index contributed by atoms with van der Waals surface area (Å²) in [6.07, 6.45) is 5.37. The normalized spacial score (nSPS) is 15.4. The molecule has 40 heavy (non-hydrogen) atoms. The van der Waals surface area contributed by atoms with Gasteiger partial charge in [-0.15, -0.1) is 5.10 Å². The average Bonchev–Trinajstić information content (AvgIpc) is 3.50. The average molecular weight is 569 g/mol. The van der Waals surface area contributed by atoms with Gasteiger partial charge in [-0.1, -0.05) is 31.2 Å². The number of aliphatic hydroxyl groups is 1. The van der Waals surface area contributed by atoms with Crippen LogP contribution in [0.3, 0.4) is 0 Å². The van der Waals surface area contributed by atoms with Crippen LogP contribution in [0.2, 0.25) is 0 Å². The van der Waals surface area contributed by atoms with Gasteiger partial charge in [0, 0.05) is 29.6 Å². The molecule has 0 bridgehead atoms. The Hall–Kier alpha value is -3.12. The van der Waals surface area contributed by atoms with Gasteiger partial charge in [0.25, 0.3) is 0 Å². The van der Waals surface area contributed by atoms with Gasteiger partial charge < -0.3 is 15.0 Å². The van der Waals surface area contributed by atoms with Crippen LogP contribution in [-0.4, -0.2) is 58.0 Å². The van der Waals surface area contributed by atoms with Crippen LogP contribution < -0.4 is 5.14 Å². The second-order valence-corrected chi connectivity index (χ2v) is 12.8. The predicted molar refractivity (Wildman–Crippen MR) is 152 cm³/mol. The van der Waals surface area contributed by atoms with Crippen molar-refractivity contribution in [2.75, 3.05) is 19.6 Å². The first-order valence-corrected chi connectivity index (χ1v) is 15.3. The third kappa shape index (κ3) is 6.43. The van der Waals surface area contributed by atoms with Crippen LogP contribution in [0.1, 0.15) is 43.5 Å². The van der Waals surface area contributed by atoms with E-state index in [9.17, 15) is 17.9 Å². The zero-order chi connectivity index (χ0) is 28.4. The highest BCUT2D eigenvalue weighted by atomic mass is 32.2. The number of aromatic nitrogens is 4. The Kier molecular flexibility index (Phi) is 8.37. The molecule has 1 aliphatic heterocycles. The number of sulfonamides is 1. The molecule has 0 spiro atoms. The fraction of sp³-hybridized carbons (Fsp3) is 0.448. The number of halogens is 1. The second-order valence-electron chi connectivity index (χ2n) is 11.3. The number of hydrogen-bond donors (Lipinski definition) is 3. The Labute approximate surface area is 234 Å². The molecule has 0 saturated carbocycles. The van der Waals surface area contributed by atoms with Crippen molar-refractivity contribution in [3.8, 4) is 11.3 Å². The lowest BCUT2D eigenvalue weighted by Crippen LogP contribution is -2.36. The van der Waals surface area contributed by atoms with E-state index in [2.05, 4.69) is 34.0 Å². The van der Waals surface area contributed by atoms with E-state index in [1.165, 1.54) is 12.1 Å². The summed E-state index contributed by atoms with van der Waals surface area (Å²) in [7, 11) is -3.78. The number of rotatable bonds is 10. The second kappa shape index (κ2) is 11.8. The van der Waals surface area contributed by atoms with Gasteiger partial charge in [0.1, 0.15) is 11.5 Å². The van der Waals surface area contributed by atoms with Crippen molar-refractivity contribution < 1.29 is 17.9 Å². The number of nitrogens with zero attached hydrogens (tertiary/aromatic N) is 4. The van der Waals surface area contributed by atoms with Crippen LogP contribution >= 0.6 is 0 Å². The molecule has 0 amide bonds. The van der Waals surface area contributed by atoms with Crippen molar-refractivity contribution >= 4 is 20.9 Å². The Morgan fingerprint density at radius 2 is 1.95 bits per heavy atom. The van der Waals surface area contributed by atoms with Crippen molar-refractivity contribution in [1.82, 2.24) is 24.9 Å². The van der Waals surface area contributed by atoms with Gasteiger partial charge in [-0.25, -0.2) is 17.9 Å². The first kappa shape index (κ1) is 28.4. The molecule has 2 aromatic heterocycles. The summed E-state index contributed by atoms with van der Waals surface area (Å²) in [5.41, 5.74) is 4.52. The van der Waals surface area contributed by atoms with Gasteiger partial charge >= 0.3 is 0 Å². The Morgan fingerprint density at radius 1 is 1.18 bits per heavy atom. The van der Waals surface area contributed by atoms with Crippen molar-refractivity contribution in [3.05, 3.63) is 65.2 Å². The molecule has 4 aromatic rings. The molecule has 1 fully saturated rings. The first-order valence-electron chi connectivity index (χ1n) is 13.8. The molecule has 9 nitrogen and oxygen atoms in total. The quantitative estimate of drug-likeness (QED) is 0.266. The van der Waals surface area contributed by atoms with E-state index >= 15 is 0 Å². The van der Waals surface area contributed by atoms with Gasteiger partial charge in [-0.05, 0) is 86.0 Å². The molecular formula is C29H37FN6O3S. The summed E-state index contributed by atoms with van der Waals surface area (Å²) in [4.78, 5) is 5.74. The molecule has 1 saturated heterocycles. The number of primary sulfonamides is 1. The van der Waals surface area contributed by atoms with E-state index in [4.69, 9.17) is 5.14 Å². The third-order valence-corrected chi connectivity index (χ3v) is 8.73. The fourth-order valence-corrected chi connectivity index (χ4v) is 6.56. The maximum Gasteiger partial charge on any atom is 0.238 e.